The third-order valence-corrected chi connectivity index (χ3v) is 4.33. The molecule has 0 fully saturated rings. The molecule has 0 aliphatic heterocycles. The summed E-state index contributed by atoms with van der Waals surface area (Å²) >= 11 is 0. The molecule has 0 bridgehead atoms. The first-order valence-electron chi connectivity index (χ1n) is 9.44. The van der Waals surface area contributed by atoms with E-state index >= 15 is 0 Å². The van der Waals surface area contributed by atoms with Gasteiger partial charge in [0.1, 0.15) is 28.5 Å². The SMILES string of the molecule is C=C(CCCO)c1cn2cc(NC(=O)c3cccc(C(F)F)n3)c(OCC)cc2n1. The smallest absolute Gasteiger partial charge is 0.280 e. The number of halogens is 2. The summed E-state index contributed by atoms with van der Waals surface area (Å²) in [6, 6.07) is 5.55. The molecule has 7 nitrogen and oxygen atoms in total. The van der Waals surface area contributed by atoms with Crippen LogP contribution in [0.5, 0.6) is 5.75 Å². The van der Waals surface area contributed by atoms with Crippen LogP contribution in [0.25, 0.3) is 11.2 Å². The van der Waals surface area contributed by atoms with Gasteiger partial charge in [0.25, 0.3) is 12.3 Å². The summed E-state index contributed by atoms with van der Waals surface area (Å²) in [7, 11) is 0. The number of carbonyl (C=O) groups excluding carboxylic acids is 1. The van der Waals surface area contributed by atoms with Crippen molar-refractivity contribution in [3.8, 4) is 5.75 Å². The molecule has 1 amide bonds. The first-order chi connectivity index (χ1) is 14.4. The zero-order valence-corrected chi connectivity index (χ0v) is 16.4. The number of pyridine rings is 2. The van der Waals surface area contributed by atoms with Gasteiger partial charge in [-0.2, -0.15) is 0 Å². The molecule has 2 N–H and O–H groups in total. The first-order valence-corrected chi connectivity index (χ1v) is 9.44. The Morgan fingerprint density at radius 2 is 2.10 bits per heavy atom. The molecule has 0 aromatic carbocycles. The molecule has 30 heavy (non-hydrogen) atoms. The number of fused-ring (bicyclic) bond motifs is 1. The molecule has 0 aliphatic carbocycles. The fraction of sp³-hybridized carbons (Fsp3) is 0.286. The second-order valence-corrected chi connectivity index (χ2v) is 6.51. The number of amides is 1. The number of carbonyl (C=O) groups is 1. The van der Waals surface area contributed by atoms with Crippen LogP contribution < -0.4 is 10.1 Å². The number of anilines is 1. The lowest BCUT2D eigenvalue weighted by molar-refractivity contribution is 0.101. The van der Waals surface area contributed by atoms with E-state index in [1.807, 2.05) is 0 Å². The fourth-order valence-electron chi connectivity index (χ4n) is 2.86. The zero-order chi connectivity index (χ0) is 21.7. The highest BCUT2D eigenvalue weighted by Gasteiger charge is 2.17. The number of hydrogen-bond donors (Lipinski definition) is 2. The van der Waals surface area contributed by atoms with Crippen molar-refractivity contribution in [3.63, 3.8) is 0 Å². The van der Waals surface area contributed by atoms with Gasteiger partial charge in [0.2, 0.25) is 0 Å². The number of nitrogens with one attached hydrogen (secondary N) is 1. The minimum atomic E-state index is -2.77. The van der Waals surface area contributed by atoms with Gasteiger partial charge >= 0.3 is 0 Å². The Morgan fingerprint density at radius 1 is 1.30 bits per heavy atom. The molecule has 0 saturated carbocycles. The first kappa shape index (κ1) is 21.4. The van der Waals surface area contributed by atoms with E-state index in [-0.39, 0.29) is 12.3 Å². The van der Waals surface area contributed by atoms with E-state index in [0.29, 0.717) is 42.2 Å². The van der Waals surface area contributed by atoms with Crippen molar-refractivity contribution in [2.45, 2.75) is 26.2 Å². The molecule has 0 spiro atoms. The average molecular weight is 416 g/mol. The quantitative estimate of drug-likeness (QED) is 0.548. The molecule has 0 atom stereocenters. The number of allylic oxidation sites excluding steroid dienone is 1. The molecule has 0 radical (unpaired) electrons. The van der Waals surface area contributed by atoms with Gasteiger partial charge in [-0.25, -0.2) is 18.7 Å². The highest BCUT2D eigenvalue weighted by Crippen LogP contribution is 2.28. The number of nitrogens with zero attached hydrogens (tertiary/aromatic N) is 3. The van der Waals surface area contributed by atoms with Gasteiger partial charge in [0.05, 0.1) is 12.3 Å². The summed E-state index contributed by atoms with van der Waals surface area (Å²) < 4.78 is 33.1. The summed E-state index contributed by atoms with van der Waals surface area (Å²) in [4.78, 5) is 20.8. The standard InChI is InChI=1S/C21H22F2N4O3/c1-3-30-18-10-19-25-16(13(2)6-5-9-28)11-27(19)12-17(18)26-21(29)15-8-4-7-14(24-15)20(22)23/h4,7-8,10-12,20,28H,2-3,5-6,9H2,1H3,(H,26,29). The van der Waals surface area contributed by atoms with E-state index in [1.165, 1.54) is 12.1 Å². The van der Waals surface area contributed by atoms with Crippen LogP contribution in [0.3, 0.4) is 0 Å². The van der Waals surface area contributed by atoms with Gasteiger partial charge in [-0.15, -0.1) is 0 Å². The van der Waals surface area contributed by atoms with Crippen molar-refractivity contribution in [1.29, 1.82) is 0 Å². The van der Waals surface area contributed by atoms with Gasteiger partial charge in [-0.1, -0.05) is 12.6 Å². The molecular weight excluding hydrogens is 394 g/mol. The number of aromatic nitrogens is 3. The number of alkyl halides is 2. The number of ether oxygens (including phenoxy) is 1. The second-order valence-electron chi connectivity index (χ2n) is 6.51. The molecule has 158 valence electrons. The summed E-state index contributed by atoms with van der Waals surface area (Å²) in [6.07, 6.45) is 1.81. The average Bonchev–Trinajstić information content (AvgIpc) is 3.15. The molecule has 3 heterocycles. The Labute approximate surface area is 172 Å². The van der Waals surface area contributed by atoms with Crippen LogP contribution in [-0.4, -0.2) is 38.6 Å². The van der Waals surface area contributed by atoms with E-state index in [4.69, 9.17) is 9.84 Å². The lowest BCUT2D eigenvalue weighted by atomic mass is 10.1. The fourth-order valence-corrected chi connectivity index (χ4v) is 2.86. The largest absolute Gasteiger partial charge is 0.491 e. The Balaban J connectivity index is 1.91. The minimum absolute atomic E-state index is 0.0673. The third kappa shape index (κ3) is 4.80. The highest BCUT2D eigenvalue weighted by atomic mass is 19.3. The molecule has 9 heteroatoms. The normalized spacial score (nSPS) is 11.1. The van der Waals surface area contributed by atoms with Gasteiger partial charge in [-0.05, 0) is 37.5 Å². The minimum Gasteiger partial charge on any atom is -0.491 e. The second kappa shape index (κ2) is 9.45. The van der Waals surface area contributed by atoms with Crippen molar-refractivity contribution in [2.24, 2.45) is 0 Å². The lowest BCUT2D eigenvalue weighted by Crippen LogP contribution is -2.16. The third-order valence-electron chi connectivity index (χ3n) is 4.33. The van der Waals surface area contributed by atoms with Gasteiger partial charge in [0.15, 0.2) is 0 Å². The van der Waals surface area contributed by atoms with E-state index < -0.39 is 18.0 Å². The summed E-state index contributed by atoms with van der Waals surface area (Å²) in [5.41, 5.74) is 1.80. The molecule has 0 saturated heterocycles. The molecule has 0 unspecified atom stereocenters. The Hall–Kier alpha value is -3.33. The predicted octanol–water partition coefficient (Wildman–Crippen LogP) is 4.10. The van der Waals surface area contributed by atoms with Crippen LogP contribution in [-0.2, 0) is 0 Å². The van der Waals surface area contributed by atoms with Crippen LogP contribution in [0.15, 0.2) is 43.2 Å². The Kier molecular flexibility index (Phi) is 6.73. The lowest BCUT2D eigenvalue weighted by Gasteiger charge is -2.12. The van der Waals surface area contributed by atoms with Crippen LogP contribution >= 0.6 is 0 Å². The summed E-state index contributed by atoms with van der Waals surface area (Å²) in [5.74, 6) is -0.244. The van der Waals surface area contributed by atoms with Crippen molar-refractivity contribution in [2.75, 3.05) is 18.5 Å². The van der Waals surface area contributed by atoms with Crippen LogP contribution in [0.1, 0.15) is 48.1 Å². The van der Waals surface area contributed by atoms with E-state index in [9.17, 15) is 13.6 Å². The molecule has 0 aliphatic rings. The highest BCUT2D eigenvalue weighted by molar-refractivity contribution is 6.03. The molecule has 3 rings (SSSR count). The Bertz CT molecular complexity index is 1070. The Morgan fingerprint density at radius 3 is 2.80 bits per heavy atom. The number of aliphatic hydroxyl groups is 1. The number of hydrogen-bond acceptors (Lipinski definition) is 5. The topological polar surface area (TPSA) is 88.8 Å². The monoisotopic (exact) mass is 416 g/mol. The maximum absolute atomic E-state index is 12.9. The van der Waals surface area contributed by atoms with Gasteiger partial charge in [0, 0.05) is 25.1 Å². The zero-order valence-electron chi connectivity index (χ0n) is 16.4. The van der Waals surface area contributed by atoms with Crippen molar-refractivity contribution >= 4 is 22.8 Å². The molecule has 3 aromatic heterocycles. The van der Waals surface area contributed by atoms with Crippen LogP contribution in [0.2, 0.25) is 0 Å². The van der Waals surface area contributed by atoms with E-state index in [1.54, 1.807) is 29.8 Å². The summed E-state index contributed by atoms with van der Waals surface area (Å²) in [5, 5.41) is 11.7. The van der Waals surface area contributed by atoms with E-state index in [2.05, 4.69) is 21.9 Å². The molecular formula is C21H22F2N4O3. The maximum atomic E-state index is 12.9. The van der Waals surface area contributed by atoms with Gasteiger partial charge in [-0.3, -0.25) is 4.79 Å². The van der Waals surface area contributed by atoms with Crippen LogP contribution in [0.4, 0.5) is 14.5 Å². The predicted molar refractivity (Wildman–Crippen MR) is 109 cm³/mol. The number of aliphatic hydroxyl groups excluding tert-OH is 1. The molecule has 3 aromatic rings. The van der Waals surface area contributed by atoms with E-state index in [0.717, 1.165) is 11.6 Å². The van der Waals surface area contributed by atoms with Crippen molar-refractivity contribution in [3.05, 3.63) is 60.3 Å². The number of imidazole rings is 1. The van der Waals surface area contributed by atoms with Gasteiger partial charge < -0.3 is 19.6 Å². The van der Waals surface area contributed by atoms with Crippen LogP contribution in [0, 0.1) is 0 Å². The van der Waals surface area contributed by atoms with Crippen molar-refractivity contribution < 1.29 is 23.4 Å². The number of rotatable bonds is 9. The maximum Gasteiger partial charge on any atom is 0.280 e. The summed E-state index contributed by atoms with van der Waals surface area (Å²) in [6.45, 7) is 6.22. The van der Waals surface area contributed by atoms with Crippen molar-refractivity contribution in [1.82, 2.24) is 14.4 Å².